The van der Waals surface area contributed by atoms with Gasteiger partial charge in [0, 0.05) is 31.5 Å². The topological polar surface area (TPSA) is 32.7 Å². The summed E-state index contributed by atoms with van der Waals surface area (Å²) in [4.78, 5) is 2.19. The number of para-hydroxylation sites is 1. The third kappa shape index (κ3) is 3.24. The van der Waals surface area contributed by atoms with Gasteiger partial charge in [-0.3, -0.25) is 0 Å². The summed E-state index contributed by atoms with van der Waals surface area (Å²) in [7, 11) is 2.07. The van der Waals surface area contributed by atoms with Gasteiger partial charge in [-0.2, -0.15) is 0 Å². The van der Waals surface area contributed by atoms with Crippen LogP contribution in [0.15, 0.2) is 24.3 Å². The lowest BCUT2D eigenvalue weighted by Gasteiger charge is -2.30. The van der Waals surface area contributed by atoms with Crippen LogP contribution in [0.3, 0.4) is 0 Å². The largest absolute Gasteiger partial charge is 0.389 e. The molecule has 1 unspecified atom stereocenters. The molecule has 0 spiro atoms. The second-order valence-electron chi connectivity index (χ2n) is 5.10. The molecule has 3 nitrogen and oxygen atoms in total. The van der Waals surface area contributed by atoms with Crippen molar-refractivity contribution >= 4 is 5.69 Å². The molecule has 1 heterocycles. The van der Waals surface area contributed by atoms with Gasteiger partial charge in [0.05, 0.1) is 12.2 Å². The molecule has 2 atom stereocenters. The molecule has 3 heteroatoms. The van der Waals surface area contributed by atoms with Crippen molar-refractivity contribution in [3.8, 4) is 0 Å². The van der Waals surface area contributed by atoms with Crippen molar-refractivity contribution in [2.45, 2.75) is 38.4 Å². The summed E-state index contributed by atoms with van der Waals surface area (Å²) in [6, 6.07) is 8.03. The van der Waals surface area contributed by atoms with Crippen LogP contribution < -0.4 is 4.90 Å². The summed E-state index contributed by atoms with van der Waals surface area (Å²) in [5.41, 5.74) is 2.08. The molecule has 0 radical (unpaired) electrons. The van der Waals surface area contributed by atoms with Crippen LogP contribution in [0.25, 0.3) is 0 Å². The standard InChI is InChI=1S/C15H23NO2/c1-12(17)14-8-3-4-9-15(14)16(2)11-13-7-5-6-10-18-13/h3-4,8-9,12-13,17H,5-7,10-11H2,1-2H3/t12-,13?/m1/s1. The fourth-order valence-corrected chi connectivity index (χ4v) is 2.54. The van der Waals surface area contributed by atoms with Gasteiger partial charge in [-0.1, -0.05) is 18.2 Å². The molecule has 0 aliphatic carbocycles. The lowest BCUT2D eigenvalue weighted by atomic mass is 10.1. The van der Waals surface area contributed by atoms with Gasteiger partial charge in [-0.15, -0.1) is 0 Å². The highest BCUT2D eigenvalue weighted by Gasteiger charge is 2.18. The summed E-state index contributed by atoms with van der Waals surface area (Å²) >= 11 is 0. The molecule has 0 amide bonds. The number of hydrogen-bond acceptors (Lipinski definition) is 3. The van der Waals surface area contributed by atoms with Crippen molar-refractivity contribution in [1.82, 2.24) is 0 Å². The first kappa shape index (κ1) is 13.4. The van der Waals surface area contributed by atoms with Crippen molar-refractivity contribution in [1.29, 1.82) is 0 Å². The molecule has 1 fully saturated rings. The van der Waals surface area contributed by atoms with Gasteiger partial charge in [-0.05, 0) is 32.3 Å². The Kier molecular flexibility index (Phi) is 4.61. The molecule has 0 bridgehead atoms. The van der Waals surface area contributed by atoms with Crippen LogP contribution in [-0.4, -0.2) is 31.4 Å². The molecule has 0 aromatic heterocycles. The lowest BCUT2D eigenvalue weighted by molar-refractivity contribution is 0.0215. The Balaban J connectivity index is 2.05. The highest BCUT2D eigenvalue weighted by molar-refractivity contribution is 5.54. The van der Waals surface area contributed by atoms with E-state index in [2.05, 4.69) is 18.0 Å². The SMILES string of the molecule is C[C@@H](O)c1ccccc1N(C)CC1CCCCO1. The maximum atomic E-state index is 9.80. The van der Waals surface area contributed by atoms with E-state index < -0.39 is 6.10 Å². The van der Waals surface area contributed by atoms with Gasteiger partial charge in [-0.25, -0.2) is 0 Å². The first-order valence-electron chi connectivity index (χ1n) is 6.78. The van der Waals surface area contributed by atoms with E-state index in [-0.39, 0.29) is 0 Å². The molecule has 18 heavy (non-hydrogen) atoms. The second kappa shape index (κ2) is 6.21. The highest BCUT2D eigenvalue weighted by Crippen LogP contribution is 2.26. The number of hydrogen-bond donors (Lipinski definition) is 1. The molecule has 100 valence electrons. The van der Waals surface area contributed by atoms with Crippen molar-refractivity contribution in [2.75, 3.05) is 25.1 Å². The number of aliphatic hydroxyl groups excluding tert-OH is 1. The quantitative estimate of drug-likeness (QED) is 0.890. The molecule has 1 saturated heterocycles. The third-order valence-corrected chi connectivity index (χ3v) is 3.55. The monoisotopic (exact) mass is 249 g/mol. The van der Waals surface area contributed by atoms with E-state index in [4.69, 9.17) is 4.74 Å². The number of anilines is 1. The number of rotatable bonds is 4. The first-order valence-corrected chi connectivity index (χ1v) is 6.78. The van der Waals surface area contributed by atoms with E-state index in [1.54, 1.807) is 0 Å². The van der Waals surface area contributed by atoms with E-state index in [9.17, 15) is 5.11 Å². The second-order valence-corrected chi connectivity index (χ2v) is 5.10. The van der Waals surface area contributed by atoms with Crippen LogP contribution >= 0.6 is 0 Å². The Morgan fingerprint density at radius 1 is 1.39 bits per heavy atom. The molecule has 1 aromatic rings. The number of likely N-dealkylation sites (N-methyl/N-ethyl adjacent to an activating group) is 1. The zero-order valence-corrected chi connectivity index (χ0v) is 11.3. The lowest BCUT2D eigenvalue weighted by Crippen LogP contribution is -2.33. The van der Waals surface area contributed by atoms with Crippen LogP contribution in [0, 0.1) is 0 Å². The molecule has 2 rings (SSSR count). The van der Waals surface area contributed by atoms with Crippen LogP contribution in [-0.2, 0) is 4.74 Å². The van der Waals surface area contributed by atoms with Crippen molar-refractivity contribution in [3.05, 3.63) is 29.8 Å². The smallest absolute Gasteiger partial charge is 0.0781 e. The number of benzene rings is 1. The van der Waals surface area contributed by atoms with Gasteiger partial charge >= 0.3 is 0 Å². The zero-order chi connectivity index (χ0) is 13.0. The predicted octanol–water partition coefficient (Wildman–Crippen LogP) is 2.75. The normalized spacial score (nSPS) is 21.6. The van der Waals surface area contributed by atoms with Gasteiger partial charge < -0.3 is 14.7 Å². The molecular formula is C15H23NO2. The average molecular weight is 249 g/mol. The summed E-state index contributed by atoms with van der Waals surface area (Å²) in [6.07, 6.45) is 3.48. The summed E-state index contributed by atoms with van der Waals surface area (Å²) in [5, 5.41) is 9.80. The maximum Gasteiger partial charge on any atom is 0.0781 e. The number of ether oxygens (including phenoxy) is 1. The highest BCUT2D eigenvalue weighted by atomic mass is 16.5. The van der Waals surface area contributed by atoms with E-state index in [1.165, 1.54) is 12.8 Å². The van der Waals surface area contributed by atoms with E-state index in [0.29, 0.717) is 6.10 Å². The van der Waals surface area contributed by atoms with Crippen molar-refractivity contribution in [2.24, 2.45) is 0 Å². The average Bonchev–Trinajstić information content (AvgIpc) is 2.40. The Bertz CT molecular complexity index is 373. The number of aliphatic hydroxyl groups is 1. The molecule has 0 saturated carbocycles. The Labute approximate surface area is 109 Å². The summed E-state index contributed by atoms with van der Waals surface area (Å²) in [6.45, 7) is 3.59. The zero-order valence-electron chi connectivity index (χ0n) is 11.3. The van der Waals surface area contributed by atoms with Gasteiger partial charge in [0.2, 0.25) is 0 Å². The molecule has 1 aromatic carbocycles. The van der Waals surface area contributed by atoms with E-state index >= 15 is 0 Å². The van der Waals surface area contributed by atoms with Crippen molar-refractivity contribution < 1.29 is 9.84 Å². The van der Waals surface area contributed by atoms with Gasteiger partial charge in [0.1, 0.15) is 0 Å². The van der Waals surface area contributed by atoms with Crippen LogP contribution in [0.2, 0.25) is 0 Å². The molecule has 1 N–H and O–H groups in total. The molecule has 1 aliphatic rings. The Hall–Kier alpha value is -1.06. The summed E-state index contributed by atoms with van der Waals surface area (Å²) in [5.74, 6) is 0. The molecular weight excluding hydrogens is 226 g/mol. The van der Waals surface area contributed by atoms with E-state index in [1.807, 2.05) is 25.1 Å². The maximum absolute atomic E-state index is 9.80. The third-order valence-electron chi connectivity index (χ3n) is 3.55. The minimum Gasteiger partial charge on any atom is -0.389 e. The first-order chi connectivity index (χ1) is 8.68. The molecule has 1 aliphatic heterocycles. The van der Waals surface area contributed by atoms with Gasteiger partial charge in [0.15, 0.2) is 0 Å². The Morgan fingerprint density at radius 3 is 2.83 bits per heavy atom. The summed E-state index contributed by atoms with van der Waals surface area (Å²) < 4.78 is 5.77. The van der Waals surface area contributed by atoms with E-state index in [0.717, 1.165) is 30.8 Å². The Morgan fingerprint density at radius 2 is 2.17 bits per heavy atom. The predicted molar refractivity (Wildman–Crippen MR) is 73.9 cm³/mol. The van der Waals surface area contributed by atoms with Gasteiger partial charge in [0.25, 0.3) is 0 Å². The van der Waals surface area contributed by atoms with Crippen LogP contribution in [0.5, 0.6) is 0 Å². The fourth-order valence-electron chi connectivity index (χ4n) is 2.54. The van der Waals surface area contributed by atoms with Crippen molar-refractivity contribution in [3.63, 3.8) is 0 Å². The number of nitrogens with zero attached hydrogens (tertiary/aromatic N) is 1. The van der Waals surface area contributed by atoms with Crippen LogP contribution in [0.4, 0.5) is 5.69 Å². The minimum atomic E-state index is -0.434. The minimum absolute atomic E-state index is 0.325. The fraction of sp³-hybridized carbons (Fsp3) is 0.600. The van der Waals surface area contributed by atoms with Crippen LogP contribution in [0.1, 0.15) is 37.9 Å².